The molecule has 1 spiro atoms. The van der Waals surface area contributed by atoms with E-state index in [-0.39, 0.29) is 11.6 Å². The third kappa shape index (κ3) is 2.62. The number of hydrogen-bond acceptors (Lipinski definition) is 3. The van der Waals surface area contributed by atoms with Crippen molar-refractivity contribution in [2.24, 2.45) is 11.8 Å². The number of anilines is 2. The highest BCUT2D eigenvalue weighted by atomic mass is 19.1. The van der Waals surface area contributed by atoms with Gasteiger partial charge in [0, 0.05) is 29.1 Å². The van der Waals surface area contributed by atoms with Crippen molar-refractivity contribution < 1.29 is 24.1 Å². The van der Waals surface area contributed by atoms with Crippen molar-refractivity contribution in [2.45, 2.75) is 18.0 Å². The lowest BCUT2D eigenvalue weighted by molar-refractivity contribution is -0.733. The van der Waals surface area contributed by atoms with Crippen molar-refractivity contribution >= 4 is 40.0 Å². The van der Waals surface area contributed by atoms with Gasteiger partial charge >= 0.3 is 0 Å². The molecular weight excluding hydrogens is 459 g/mol. The lowest BCUT2D eigenvalue weighted by Crippen LogP contribution is -2.99. The van der Waals surface area contributed by atoms with Crippen LogP contribution in [0.25, 0.3) is 10.9 Å². The van der Waals surface area contributed by atoms with Crippen LogP contribution in [-0.2, 0) is 26.3 Å². The van der Waals surface area contributed by atoms with Gasteiger partial charge in [-0.3, -0.25) is 14.4 Å². The molecule has 8 heteroatoms. The van der Waals surface area contributed by atoms with Crippen molar-refractivity contribution in [3.8, 4) is 0 Å². The van der Waals surface area contributed by atoms with E-state index in [9.17, 15) is 18.8 Å². The summed E-state index contributed by atoms with van der Waals surface area (Å²) in [6.07, 6.45) is 2.38. The predicted molar refractivity (Wildman–Crippen MR) is 130 cm³/mol. The fraction of sp³-hybridized carbons (Fsp3) is 0.179. The Bertz CT molecular complexity index is 1600. The number of halogens is 1. The number of nitrogens with one attached hydrogen (secondary N) is 2. The number of nitrogens with zero attached hydrogens (tertiary/aromatic N) is 1. The number of quaternary nitrogens is 1. The molecule has 0 aliphatic carbocycles. The number of carbonyl (C=O) groups excluding carboxylic acids is 3. The third-order valence-electron chi connectivity index (χ3n) is 8.00. The number of fused-ring (bicyclic) bond motifs is 5. The Morgan fingerprint density at radius 2 is 1.67 bits per heavy atom. The molecule has 2 fully saturated rings. The van der Waals surface area contributed by atoms with Crippen LogP contribution in [-0.4, -0.2) is 28.7 Å². The first kappa shape index (κ1) is 21.0. The lowest BCUT2D eigenvalue weighted by Gasteiger charge is -2.26. The van der Waals surface area contributed by atoms with Crippen molar-refractivity contribution in [3.63, 3.8) is 0 Å². The Hall–Kier alpha value is -4.30. The molecule has 4 atom stereocenters. The van der Waals surface area contributed by atoms with E-state index in [0.717, 1.165) is 21.4 Å². The highest BCUT2D eigenvalue weighted by Crippen LogP contribution is 2.50. The highest BCUT2D eigenvalue weighted by molar-refractivity contribution is 6.25. The van der Waals surface area contributed by atoms with Crippen LogP contribution in [0.3, 0.4) is 0 Å². The Kier molecular flexibility index (Phi) is 4.29. The van der Waals surface area contributed by atoms with E-state index in [0.29, 0.717) is 17.7 Å². The van der Waals surface area contributed by atoms with Crippen molar-refractivity contribution in [1.29, 1.82) is 0 Å². The maximum atomic E-state index is 14.8. The zero-order valence-electron chi connectivity index (χ0n) is 19.1. The number of carbonyl (C=O) groups is 3. The maximum absolute atomic E-state index is 14.8. The second-order valence-electron chi connectivity index (χ2n) is 9.73. The number of benzene rings is 3. The van der Waals surface area contributed by atoms with E-state index in [1.54, 1.807) is 12.1 Å². The molecule has 3 aliphatic rings. The van der Waals surface area contributed by atoms with Crippen LogP contribution in [0, 0.1) is 17.7 Å². The quantitative estimate of drug-likeness (QED) is 0.392. The summed E-state index contributed by atoms with van der Waals surface area (Å²) in [5.74, 6) is -3.73. The summed E-state index contributed by atoms with van der Waals surface area (Å²) in [5, 5.41) is 5.85. The van der Waals surface area contributed by atoms with Gasteiger partial charge in [0.2, 0.25) is 17.4 Å². The summed E-state index contributed by atoms with van der Waals surface area (Å²) in [6.45, 7) is 0. The fourth-order valence-corrected chi connectivity index (χ4v) is 6.53. The molecular formula is C28H22FN4O3+. The average Bonchev–Trinajstić information content (AvgIpc) is 3.59. The molecule has 3 aliphatic heterocycles. The largest absolute Gasteiger partial charge is 0.361 e. The average molecular weight is 482 g/mol. The summed E-state index contributed by atoms with van der Waals surface area (Å²) < 4.78 is 14.8. The second-order valence-corrected chi connectivity index (χ2v) is 9.73. The van der Waals surface area contributed by atoms with Gasteiger partial charge in [-0.1, -0.05) is 48.5 Å². The molecule has 0 saturated carbocycles. The summed E-state index contributed by atoms with van der Waals surface area (Å²) in [4.78, 5) is 45.7. The van der Waals surface area contributed by atoms with Crippen molar-refractivity contribution in [3.05, 3.63) is 95.9 Å². The van der Waals surface area contributed by atoms with E-state index < -0.39 is 41.0 Å². The van der Waals surface area contributed by atoms with Gasteiger partial charge in [0.25, 0.3) is 5.91 Å². The molecule has 3 amide bonds. The minimum atomic E-state index is -1.30. The molecule has 0 bridgehead atoms. The molecule has 36 heavy (non-hydrogen) atoms. The van der Waals surface area contributed by atoms with Crippen LogP contribution >= 0.6 is 0 Å². The maximum Gasteiger partial charge on any atom is 0.291 e. The van der Waals surface area contributed by atoms with Crippen LogP contribution in [0.5, 0.6) is 0 Å². The first-order chi connectivity index (χ1) is 17.5. The Balaban J connectivity index is 1.39. The van der Waals surface area contributed by atoms with Crippen LogP contribution in [0.2, 0.25) is 0 Å². The minimum absolute atomic E-state index is 0.0745. The van der Waals surface area contributed by atoms with Gasteiger partial charge in [0.05, 0.1) is 11.4 Å². The van der Waals surface area contributed by atoms with E-state index in [4.69, 9.17) is 0 Å². The molecule has 4 heterocycles. The standard InChI is InChI=1S/C28H21FN4O3/c29-18-9-3-6-12-22(18)33-25(34)23-21(13-15-14-30-19-10-4-1-7-16(15)19)32-28(24(23)26(33)35)17-8-2-5-11-20(17)31-27(28)36/h1-12,14,21,23-24,30,32H,13H2,(H,31,36)/p+1/t21-,23-,24-,28-/m0/s1. The number of aromatic amines is 1. The van der Waals surface area contributed by atoms with Gasteiger partial charge in [-0.15, -0.1) is 0 Å². The number of H-pyrrole nitrogens is 1. The molecule has 4 aromatic rings. The van der Waals surface area contributed by atoms with E-state index >= 15 is 0 Å². The molecule has 7 nitrogen and oxygen atoms in total. The van der Waals surface area contributed by atoms with Crippen molar-refractivity contribution in [1.82, 2.24) is 4.98 Å². The number of imide groups is 1. The summed E-state index contributed by atoms with van der Waals surface area (Å²) >= 11 is 0. The molecule has 2 saturated heterocycles. The van der Waals surface area contributed by atoms with Crippen molar-refractivity contribution in [2.75, 3.05) is 10.2 Å². The zero-order chi connectivity index (χ0) is 24.6. The molecule has 7 rings (SSSR count). The van der Waals surface area contributed by atoms with Crippen LogP contribution in [0.1, 0.15) is 11.1 Å². The minimum Gasteiger partial charge on any atom is -0.361 e. The second kappa shape index (κ2) is 7.35. The number of nitrogens with two attached hydrogens (primary N) is 1. The predicted octanol–water partition coefficient (Wildman–Crippen LogP) is 2.45. The Morgan fingerprint density at radius 1 is 0.917 bits per heavy atom. The lowest BCUT2D eigenvalue weighted by atomic mass is 9.76. The summed E-state index contributed by atoms with van der Waals surface area (Å²) in [7, 11) is 0. The molecule has 3 aromatic carbocycles. The summed E-state index contributed by atoms with van der Waals surface area (Å²) in [6, 6.07) is 20.5. The zero-order valence-corrected chi connectivity index (χ0v) is 19.1. The summed E-state index contributed by atoms with van der Waals surface area (Å²) in [5.41, 5.74) is 1.92. The monoisotopic (exact) mass is 481 g/mol. The smallest absolute Gasteiger partial charge is 0.291 e. The van der Waals surface area contributed by atoms with E-state index in [2.05, 4.69) is 10.3 Å². The molecule has 0 radical (unpaired) electrons. The number of aromatic nitrogens is 1. The molecule has 1 aromatic heterocycles. The first-order valence-electron chi connectivity index (χ1n) is 11.9. The van der Waals surface area contributed by atoms with Gasteiger partial charge in [0.1, 0.15) is 23.7 Å². The normalized spacial score (nSPS) is 26.6. The van der Waals surface area contributed by atoms with Gasteiger partial charge in [-0.25, -0.2) is 9.29 Å². The van der Waals surface area contributed by atoms with Gasteiger partial charge in [0.15, 0.2) is 0 Å². The van der Waals surface area contributed by atoms with Gasteiger partial charge in [-0.2, -0.15) is 0 Å². The molecule has 4 N–H and O–H groups in total. The highest BCUT2D eigenvalue weighted by Gasteiger charge is 2.74. The SMILES string of the molecule is O=C1[C@H]2[C@H](Cc3c[nH]c4ccccc34)[NH2+][C@]3(C(=O)Nc4ccccc43)[C@@H]2C(=O)N1c1ccccc1F. The van der Waals surface area contributed by atoms with Crippen LogP contribution < -0.4 is 15.5 Å². The van der Waals surface area contributed by atoms with Crippen LogP contribution in [0.4, 0.5) is 15.8 Å². The van der Waals surface area contributed by atoms with Gasteiger partial charge in [-0.05, 0) is 29.8 Å². The number of rotatable bonds is 3. The van der Waals surface area contributed by atoms with Crippen LogP contribution in [0.15, 0.2) is 79.0 Å². The Morgan fingerprint density at radius 3 is 2.53 bits per heavy atom. The fourth-order valence-electron chi connectivity index (χ4n) is 6.53. The topological polar surface area (TPSA) is 98.9 Å². The Labute approximate surface area is 205 Å². The number of hydrogen-bond donors (Lipinski definition) is 3. The van der Waals surface area contributed by atoms with E-state index in [1.807, 2.05) is 54.0 Å². The van der Waals surface area contributed by atoms with Gasteiger partial charge < -0.3 is 15.6 Å². The van der Waals surface area contributed by atoms with E-state index in [1.165, 1.54) is 18.2 Å². The first-order valence-corrected chi connectivity index (χ1v) is 11.9. The number of amides is 3. The molecule has 0 unspecified atom stereocenters. The third-order valence-corrected chi connectivity index (χ3v) is 8.00. The number of para-hydroxylation sites is 3. The molecule has 178 valence electrons.